The fourth-order valence-electron chi connectivity index (χ4n) is 1.74. The molecular weight excluding hydrogens is 300 g/mol. The summed E-state index contributed by atoms with van der Waals surface area (Å²) in [5.74, 6) is -0.567. The van der Waals surface area contributed by atoms with Gasteiger partial charge < -0.3 is 4.74 Å². The number of hydrogen-bond acceptors (Lipinski definition) is 3. The lowest BCUT2D eigenvalue weighted by Gasteiger charge is -2.05. The van der Waals surface area contributed by atoms with Crippen LogP contribution in [0.1, 0.15) is 10.5 Å². The van der Waals surface area contributed by atoms with Crippen LogP contribution in [-0.4, -0.2) is 22.6 Å². The first-order valence-corrected chi connectivity index (χ1v) is 5.97. The van der Waals surface area contributed by atoms with Gasteiger partial charge >= 0.3 is 11.7 Å². The SMILES string of the molecule is COC(=O)c1[nH]c(=O)n(C)c1-c1cccc(Br)c1. The zero-order chi connectivity index (χ0) is 13.3. The fraction of sp³-hybridized carbons (Fsp3) is 0.167. The molecule has 1 heterocycles. The molecular formula is C12H11BrN2O3. The molecule has 6 heteroatoms. The van der Waals surface area contributed by atoms with Gasteiger partial charge in [0.2, 0.25) is 0 Å². The molecule has 94 valence electrons. The first kappa shape index (κ1) is 12.6. The summed E-state index contributed by atoms with van der Waals surface area (Å²) in [6.45, 7) is 0. The van der Waals surface area contributed by atoms with Crippen molar-refractivity contribution < 1.29 is 9.53 Å². The number of halogens is 1. The van der Waals surface area contributed by atoms with Crippen LogP contribution in [0.4, 0.5) is 0 Å². The molecule has 0 saturated heterocycles. The molecule has 0 aliphatic rings. The first-order valence-electron chi connectivity index (χ1n) is 5.18. The number of aromatic nitrogens is 2. The number of methoxy groups -OCH3 is 1. The highest BCUT2D eigenvalue weighted by Gasteiger charge is 2.20. The molecule has 2 rings (SSSR count). The maximum Gasteiger partial charge on any atom is 0.356 e. The van der Waals surface area contributed by atoms with Gasteiger partial charge in [0.15, 0.2) is 5.69 Å². The Balaban J connectivity index is 2.70. The summed E-state index contributed by atoms with van der Waals surface area (Å²) in [4.78, 5) is 25.8. The number of hydrogen-bond donors (Lipinski definition) is 1. The van der Waals surface area contributed by atoms with Crippen LogP contribution in [0, 0.1) is 0 Å². The van der Waals surface area contributed by atoms with E-state index in [4.69, 9.17) is 0 Å². The van der Waals surface area contributed by atoms with Crippen molar-refractivity contribution in [1.29, 1.82) is 0 Å². The van der Waals surface area contributed by atoms with Crippen LogP contribution in [0.2, 0.25) is 0 Å². The number of esters is 1. The summed E-state index contributed by atoms with van der Waals surface area (Å²) < 4.78 is 6.91. The van der Waals surface area contributed by atoms with Gasteiger partial charge in [-0.3, -0.25) is 9.55 Å². The normalized spacial score (nSPS) is 10.4. The van der Waals surface area contributed by atoms with E-state index in [0.717, 1.165) is 10.0 Å². The van der Waals surface area contributed by atoms with Crippen LogP contribution in [0.15, 0.2) is 33.5 Å². The van der Waals surface area contributed by atoms with E-state index in [2.05, 4.69) is 25.7 Å². The van der Waals surface area contributed by atoms with Crippen LogP contribution in [-0.2, 0) is 11.8 Å². The summed E-state index contributed by atoms with van der Waals surface area (Å²) in [6.07, 6.45) is 0. The molecule has 1 aromatic heterocycles. The summed E-state index contributed by atoms with van der Waals surface area (Å²) in [7, 11) is 2.87. The molecule has 0 aliphatic carbocycles. The van der Waals surface area contributed by atoms with E-state index in [1.54, 1.807) is 7.05 Å². The molecule has 0 atom stereocenters. The van der Waals surface area contributed by atoms with Crippen molar-refractivity contribution in [2.24, 2.45) is 7.05 Å². The van der Waals surface area contributed by atoms with E-state index in [1.807, 2.05) is 24.3 Å². The Bertz CT molecular complexity index is 658. The maximum absolute atomic E-state index is 11.6. The summed E-state index contributed by atoms with van der Waals surface area (Å²) in [5, 5.41) is 0. The highest BCUT2D eigenvalue weighted by atomic mass is 79.9. The van der Waals surface area contributed by atoms with Crippen LogP contribution < -0.4 is 5.69 Å². The van der Waals surface area contributed by atoms with Crippen molar-refractivity contribution in [1.82, 2.24) is 9.55 Å². The van der Waals surface area contributed by atoms with Gasteiger partial charge in [0.1, 0.15) is 0 Å². The second-order valence-corrected chi connectivity index (χ2v) is 4.63. The van der Waals surface area contributed by atoms with Crippen molar-refractivity contribution in [3.63, 3.8) is 0 Å². The standard InChI is InChI=1S/C12H11BrN2O3/c1-15-10(7-4-3-5-8(13)6-7)9(11(16)18-2)14-12(15)17/h3-6H,1-2H3,(H,14,17). The smallest absolute Gasteiger partial charge is 0.356 e. The van der Waals surface area contributed by atoms with Gasteiger partial charge in [-0.15, -0.1) is 0 Å². The van der Waals surface area contributed by atoms with E-state index < -0.39 is 5.97 Å². The third-order valence-electron chi connectivity index (χ3n) is 2.60. The average Bonchev–Trinajstić information content (AvgIpc) is 2.65. The number of carbonyl (C=O) groups is 1. The quantitative estimate of drug-likeness (QED) is 0.862. The zero-order valence-corrected chi connectivity index (χ0v) is 11.4. The van der Waals surface area contributed by atoms with Gasteiger partial charge in [-0.2, -0.15) is 0 Å². The molecule has 0 saturated carbocycles. The number of H-pyrrole nitrogens is 1. The van der Waals surface area contributed by atoms with Gasteiger partial charge in [-0.1, -0.05) is 28.1 Å². The van der Waals surface area contributed by atoms with Gasteiger partial charge in [0.25, 0.3) is 0 Å². The van der Waals surface area contributed by atoms with Gasteiger partial charge in [0.05, 0.1) is 12.8 Å². The largest absolute Gasteiger partial charge is 0.464 e. The van der Waals surface area contributed by atoms with Crippen molar-refractivity contribution in [2.75, 3.05) is 7.11 Å². The Kier molecular flexibility index (Phi) is 3.38. The number of rotatable bonds is 2. The number of aromatic amines is 1. The third kappa shape index (κ3) is 2.11. The number of benzene rings is 1. The molecule has 0 unspecified atom stereocenters. The maximum atomic E-state index is 11.6. The van der Waals surface area contributed by atoms with Gasteiger partial charge in [0, 0.05) is 17.1 Å². The molecule has 0 spiro atoms. The second kappa shape index (κ2) is 4.81. The molecule has 0 bridgehead atoms. The molecule has 0 amide bonds. The monoisotopic (exact) mass is 310 g/mol. The minimum Gasteiger partial charge on any atom is -0.464 e. The van der Waals surface area contributed by atoms with Crippen LogP contribution >= 0.6 is 15.9 Å². The lowest BCUT2D eigenvalue weighted by atomic mass is 10.1. The second-order valence-electron chi connectivity index (χ2n) is 3.71. The number of carbonyl (C=O) groups excluding carboxylic acids is 1. The van der Waals surface area contributed by atoms with E-state index in [0.29, 0.717) is 5.69 Å². The fourth-order valence-corrected chi connectivity index (χ4v) is 2.14. The Morgan fingerprint density at radius 2 is 2.17 bits per heavy atom. The van der Waals surface area contributed by atoms with Crippen molar-refractivity contribution in [2.45, 2.75) is 0 Å². The Morgan fingerprint density at radius 3 is 2.78 bits per heavy atom. The molecule has 0 radical (unpaired) electrons. The predicted molar refractivity (Wildman–Crippen MR) is 70.5 cm³/mol. The number of ether oxygens (including phenoxy) is 1. The lowest BCUT2D eigenvalue weighted by Crippen LogP contribution is -2.13. The molecule has 1 aromatic carbocycles. The molecule has 0 fully saturated rings. The van der Waals surface area contributed by atoms with Crippen LogP contribution in [0.5, 0.6) is 0 Å². The number of nitrogens with zero attached hydrogens (tertiary/aromatic N) is 1. The first-order chi connectivity index (χ1) is 8.54. The summed E-state index contributed by atoms with van der Waals surface area (Å²) in [5.41, 5.74) is 1.06. The molecule has 18 heavy (non-hydrogen) atoms. The van der Waals surface area contributed by atoms with Crippen molar-refractivity contribution >= 4 is 21.9 Å². The summed E-state index contributed by atoms with van der Waals surface area (Å²) >= 11 is 3.36. The Labute approximate surface area is 112 Å². The van der Waals surface area contributed by atoms with Crippen molar-refractivity contribution in [3.8, 4) is 11.3 Å². The van der Waals surface area contributed by atoms with Gasteiger partial charge in [-0.25, -0.2) is 9.59 Å². The van der Waals surface area contributed by atoms with E-state index in [9.17, 15) is 9.59 Å². The van der Waals surface area contributed by atoms with Gasteiger partial charge in [-0.05, 0) is 12.1 Å². The summed E-state index contributed by atoms with van der Waals surface area (Å²) in [6, 6.07) is 7.35. The highest BCUT2D eigenvalue weighted by molar-refractivity contribution is 9.10. The van der Waals surface area contributed by atoms with Crippen LogP contribution in [0.25, 0.3) is 11.3 Å². The Morgan fingerprint density at radius 1 is 1.44 bits per heavy atom. The highest BCUT2D eigenvalue weighted by Crippen LogP contribution is 2.24. The molecule has 2 aromatic rings. The number of nitrogens with one attached hydrogen (secondary N) is 1. The zero-order valence-electron chi connectivity index (χ0n) is 9.86. The topological polar surface area (TPSA) is 64.1 Å². The van der Waals surface area contributed by atoms with Crippen LogP contribution in [0.3, 0.4) is 0 Å². The Hall–Kier alpha value is -1.82. The van der Waals surface area contributed by atoms with E-state index >= 15 is 0 Å². The van der Waals surface area contributed by atoms with Crippen molar-refractivity contribution in [3.05, 3.63) is 44.9 Å². The van der Waals surface area contributed by atoms with E-state index in [1.165, 1.54) is 11.7 Å². The number of imidazole rings is 1. The minimum atomic E-state index is -0.567. The molecule has 1 N–H and O–H groups in total. The third-order valence-corrected chi connectivity index (χ3v) is 3.09. The minimum absolute atomic E-state index is 0.156. The predicted octanol–water partition coefficient (Wildman–Crippen LogP) is 1.93. The molecule has 5 nitrogen and oxygen atoms in total. The average molecular weight is 311 g/mol. The van der Waals surface area contributed by atoms with E-state index in [-0.39, 0.29) is 11.4 Å². The lowest BCUT2D eigenvalue weighted by molar-refractivity contribution is 0.0595. The molecule has 0 aliphatic heterocycles.